The maximum atomic E-state index is 12.3. The molecule has 0 saturated heterocycles. The largest absolute Gasteiger partial charge is 0.462 e. The Bertz CT molecular complexity index is 1020. The molecule has 3 saturated carbocycles. The molecule has 0 aromatic heterocycles. The monoisotopic (exact) mass is 532 g/mol. The number of rotatable bonds is 6. The molecule has 1 N–H and O–H groups in total. The van der Waals surface area contributed by atoms with E-state index in [1.165, 1.54) is 19.4 Å². The summed E-state index contributed by atoms with van der Waals surface area (Å²) < 4.78 is 22.9. The van der Waals surface area contributed by atoms with Crippen LogP contribution in [0.2, 0.25) is 0 Å². The average molecular weight is 533 g/mol. The predicted octanol–water partition coefficient (Wildman–Crippen LogP) is 4.93. The van der Waals surface area contributed by atoms with E-state index < -0.39 is 17.8 Å². The highest BCUT2D eigenvalue weighted by molar-refractivity contribution is 5.93. The van der Waals surface area contributed by atoms with E-state index in [0.717, 1.165) is 38.5 Å². The van der Waals surface area contributed by atoms with Crippen molar-refractivity contribution in [3.63, 3.8) is 0 Å². The minimum atomic E-state index is -0.980. The topological polar surface area (TPSA) is 113 Å². The van der Waals surface area contributed by atoms with Crippen LogP contribution in [0.1, 0.15) is 86.5 Å². The van der Waals surface area contributed by atoms with Crippen molar-refractivity contribution in [2.45, 2.75) is 104 Å². The average Bonchev–Trinajstić information content (AvgIpc) is 3.10. The Labute approximate surface area is 226 Å². The van der Waals surface area contributed by atoms with Gasteiger partial charge in [-0.1, -0.05) is 25.5 Å². The second kappa shape index (κ2) is 10.6. The number of nitrogens with zero attached hydrogens (tertiary/aromatic N) is 1. The van der Waals surface area contributed by atoms with E-state index in [9.17, 15) is 14.4 Å². The van der Waals surface area contributed by atoms with Crippen molar-refractivity contribution in [1.29, 1.82) is 0 Å². The fraction of sp³-hybridized carbons (Fsp3) is 0.793. The number of amides is 1. The number of esters is 2. The van der Waals surface area contributed by atoms with Gasteiger partial charge < -0.3 is 18.9 Å². The summed E-state index contributed by atoms with van der Waals surface area (Å²) in [4.78, 5) is 35.9. The molecule has 0 radical (unpaired) electrons. The quantitative estimate of drug-likeness (QED) is 0.170. The summed E-state index contributed by atoms with van der Waals surface area (Å²) in [6, 6.07) is 0. The zero-order valence-electron chi connectivity index (χ0n) is 23.9. The van der Waals surface area contributed by atoms with Crippen LogP contribution in [-0.2, 0) is 28.5 Å². The molecule has 9 nitrogen and oxygen atoms in total. The maximum absolute atomic E-state index is 12.3. The number of ether oxygens (including phenoxy) is 4. The predicted molar refractivity (Wildman–Crippen MR) is 141 cm³/mol. The number of fused-ring (bicyclic) bond motifs is 5. The highest BCUT2D eigenvalue weighted by Crippen LogP contribution is 2.68. The molecule has 1 amide bonds. The SMILES string of the molecule is CCOC(=O)N/N=C(/C)[C@]1(OC)[C@@H](OC(C)=O)C[C@H]2[C@@H]3CC=C4C[C@@H](OC(C)=O)CC[C@]4(C)[C@H]3CC[C@@]21C. The normalized spacial score (nSPS) is 40.1. The molecular formula is C29H44N2O7. The molecule has 0 aromatic carbocycles. The summed E-state index contributed by atoms with van der Waals surface area (Å²) >= 11 is 0. The Morgan fingerprint density at radius 3 is 2.39 bits per heavy atom. The van der Waals surface area contributed by atoms with E-state index in [1.807, 2.05) is 6.92 Å². The van der Waals surface area contributed by atoms with E-state index in [4.69, 9.17) is 18.9 Å². The van der Waals surface area contributed by atoms with Crippen LogP contribution in [-0.4, -0.2) is 55.3 Å². The van der Waals surface area contributed by atoms with Gasteiger partial charge in [0.15, 0.2) is 0 Å². The first-order valence-corrected chi connectivity index (χ1v) is 14.0. The van der Waals surface area contributed by atoms with E-state index in [2.05, 4.69) is 30.5 Å². The molecule has 3 fully saturated rings. The Balaban J connectivity index is 1.68. The highest BCUT2D eigenvalue weighted by Gasteiger charge is 2.70. The van der Waals surface area contributed by atoms with Gasteiger partial charge in [-0.2, -0.15) is 5.10 Å². The summed E-state index contributed by atoms with van der Waals surface area (Å²) in [6.07, 6.45) is 7.38. The van der Waals surface area contributed by atoms with Crippen LogP contribution < -0.4 is 5.43 Å². The van der Waals surface area contributed by atoms with Crippen molar-refractivity contribution in [1.82, 2.24) is 5.43 Å². The van der Waals surface area contributed by atoms with Crippen LogP contribution in [0, 0.1) is 28.6 Å². The number of methoxy groups -OCH3 is 1. The van der Waals surface area contributed by atoms with Gasteiger partial charge in [0.05, 0.1) is 12.3 Å². The van der Waals surface area contributed by atoms with Crippen LogP contribution in [0.15, 0.2) is 16.8 Å². The van der Waals surface area contributed by atoms with Crippen molar-refractivity contribution >= 4 is 23.7 Å². The number of carbonyl (C=O) groups excluding carboxylic acids is 3. The number of allylic oxidation sites excluding steroid dienone is 1. The van der Waals surface area contributed by atoms with Gasteiger partial charge in [-0.25, -0.2) is 10.2 Å². The minimum Gasteiger partial charge on any atom is -0.462 e. The van der Waals surface area contributed by atoms with Gasteiger partial charge in [-0.15, -0.1) is 0 Å². The molecular weight excluding hydrogens is 488 g/mol. The van der Waals surface area contributed by atoms with Crippen molar-refractivity contribution in [3.8, 4) is 0 Å². The molecule has 0 aliphatic heterocycles. The minimum absolute atomic E-state index is 0.0380. The lowest BCUT2D eigenvalue weighted by atomic mass is 9.46. The summed E-state index contributed by atoms with van der Waals surface area (Å²) in [5, 5.41) is 4.40. The lowest BCUT2D eigenvalue weighted by Gasteiger charge is -2.59. The molecule has 212 valence electrons. The van der Waals surface area contributed by atoms with E-state index in [0.29, 0.717) is 24.0 Å². The molecule has 0 spiro atoms. The molecule has 8 atom stereocenters. The number of nitrogens with one attached hydrogen (secondary N) is 1. The first kappa shape index (κ1) is 28.6. The fourth-order valence-corrected chi connectivity index (χ4v) is 8.81. The lowest BCUT2D eigenvalue weighted by Crippen LogP contribution is -2.61. The molecule has 4 rings (SSSR count). The molecule has 0 bridgehead atoms. The van der Waals surface area contributed by atoms with Gasteiger partial charge >= 0.3 is 18.0 Å². The van der Waals surface area contributed by atoms with E-state index in [1.54, 1.807) is 14.0 Å². The molecule has 4 aliphatic rings. The van der Waals surface area contributed by atoms with Crippen molar-refractivity contribution in [3.05, 3.63) is 11.6 Å². The number of hydrogen-bond donors (Lipinski definition) is 1. The van der Waals surface area contributed by atoms with Crippen molar-refractivity contribution in [2.75, 3.05) is 13.7 Å². The zero-order chi connectivity index (χ0) is 27.9. The third-order valence-electron chi connectivity index (χ3n) is 10.3. The van der Waals surface area contributed by atoms with Crippen LogP contribution in [0.5, 0.6) is 0 Å². The summed E-state index contributed by atoms with van der Waals surface area (Å²) in [5.41, 5.74) is 3.20. The number of carbonyl (C=O) groups is 3. The Morgan fingerprint density at radius 2 is 1.76 bits per heavy atom. The lowest BCUT2D eigenvalue weighted by molar-refractivity contribution is -0.167. The molecule has 0 unspecified atom stereocenters. The first-order chi connectivity index (χ1) is 17.9. The molecule has 0 heterocycles. The Morgan fingerprint density at radius 1 is 1.05 bits per heavy atom. The van der Waals surface area contributed by atoms with Crippen LogP contribution in [0.3, 0.4) is 0 Å². The van der Waals surface area contributed by atoms with Crippen molar-refractivity contribution < 1.29 is 33.3 Å². The van der Waals surface area contributed by atoms with Crippen LogP contribution >= 0.6 is 0 Å². The number of hydrogen-bond acceptors (Lipinski definition) is 8. The van der Waals surface area contributed by atoms with Gasteiger partial charge in [0.1, 0.15) is 17.8 Å². The smallest absolute Gasteiger partial charge is 0.427 e. The van der Waals surface area contributed by atoms with E-state index in [-0.39, 0.29) is 41.4 Å². The first-order valence-electron chi connectivity index (χ1n) is 14.0. The van der Waals surface area contributed by atoms with Gasteiger partial charge in [-0.05, 0) is 75.5 Å². The second-order valence-corrected chi connectivity index (χ2v) is 12.0. The number of hydrazone groups is 1. The highest BCUT2D eigenvalue weighted by atomic mass is 16.6. The van der Waals surface area contributed by atoms with Gasteiger partial charge in [0.2, 0.25) is 0 Å². The van der Waals surface area contributed by atoms with Gasteiger partial charge in [-0.3, -0.25) is 9.59 Å². The van der Waals surface area contributed by atoms with Crippen LogP contribution in [0.25, 0.3) is 0 Å². The molecule has 4 aliphatic carbocycles. The second-order valence-electron chi connectivity index (χ2n) is 12.0. The summed E-state index contributed by atoms with van der Waals surface area (Å²) in [7, 11) is 1.65. The molecule has 38 heavy (non-hydrogen) atoms. The summed E-state index contributed by atoms with van der Waals surface area (Å²) in [5.74, 6) is 0.546. The third-order valence-corrected chi connectivity index (χ3v) is 10.3. The van der Waals surface area contributed by atoms with Gasteiger partial charge in [0.25, 0.3) is 0 Å². The zero-order valence-corrected chi connectivity index (χ0v) is 23.9. The van der Waals surface area contributed by atoms with Crippen molar-refractivity contribution in [2.24, 2.45) is 33.7 Å². The third kappa shape index (κ3) is 4.54. The van der Waals surface area contributed by atoms with E-state index >= 15 is 0 Å². The Kier molecular flexibility index (Phi) is 7.99. The molecule has 0 aromatic rings. The molecule has 9 heteroatoms. The van der Waals surface area contributed by atoms with Crippen LogP contribution in [0.4, 0.5) is 4.79 Å². The maximum Gasteiger partial charge on any atom is 0.427 e. The Hall–Kier alpha value is -2.42. The summed E-state index contributed by atoms with van der Waals surface area (Å²) in [6.45, 7) is 11.3. The standard InChI is InChI=1S/C29H44N2O7/c1-8-36-26(34)31-30-17(2)29(35-7)25(38-19(4)33)16-24-22-10-9-20-15-21(37-18(3)32)11-13-27(20,5)23(22)12-14-28(24,29)6/h9,21-25H,8,10-16H2,1-7H3,(H,31,34)/b30-17-/t21-,22+,23-,24-,25-,27-,28-,29-/m0/s1. The van der Waals surface area contributed by atoms with Gasteiger partial charge in [0, 0.05) is 32.8 Å². The fourth-order valence-electron chi connectivity index (χ4n) is 8.81.